The fourth-order valence-electron chi connectivity index (χ4n) is 1.62. The molecule has 0 N–H and O–H groups in total. The normalized spacial score (nSPS) is 10.9. The van der Waals surface area contributed by atoms with Crippen molar-refractivity contribution in [2.24, 2.45) is 0 Å². The van der Waals surface area contributed by atoms with Gasteiger partial charge in [-0.3, -0.25) is 10.1 Å². The first kappa shape index (κ1) is 15.0. The van der Waals surface area contributed by atoms with Gasteiger partial charge in [0.05, 0.1) is 11.5 Å². The minimum absolute atomic E-state index is 0.0716. The third kappa shape index (κ3) is 3.44. The maximum atomic E-state index is 11.1. The Labute approximate surface area is 113 Å². The van der Waals surface area contributed by atoms with Crippen LogP contribution in [0, 0.1) is 21.4 Å². The average molecular weight is 262 g/mol. The summed E-state index contributed by atoms with van der Waals surface area (Å²) in [4.78, 5) is 10.6. The lowest BCUT2D eigenvalue weighted by Crippen LogP contribution is -2.13. The fourth-order valence-corrected chi connectivity index (χ4v) is 1.62. The number of rotatable bonds is 4. The summed E-state index contributed by atoms with van der Waals surface area (Å²) in [5.41, 5.74) is 0.559. The number of benzene rings is 1. The minimum Gasteiger partial charge on any atom is -0.486 e. The summed E-state index contributed by atoms with van der Waals surface area (Å²) in [6.07, 6.45) is 0.725. The van der Waals surface area contributed by atoms with Crippen LogP contribution in [-0.2, 0) is 5.41 Å². The van der Waals surface area contributed by atoms with Crippen LogP contribution in [0.15, 0.2) is 12.1 Å². The molecule has 0 aliphatic heterocycles. The lowest BCUT2D eigenvalue weighted by molar-refractivity contribution is -0.386. The van der Waals surface area contributed by atoms with Gasteiger partial charge in [0.25, 0.3) is 0 Å². The highest BCUT2D eigenvalue weighted by Crippen LogP contribution is 2.36. The summed E-state index contributed by atoms with van der Waals surface area (Å²) < 4.78 is 5.37. The van der Waals surface area contributed by atoms with Gasteiger partial charge in [0, 0.05) is 6.07 Å². The number of nitrogens with zero attached hydrogens (tertiary/aromatic N) is 2. The largest absolute Gasteiger partial charge is 0.486 e. The summed E-state index contributed by atoms with van der Waals surface area (Å²) in [5, 5.41) is 20.3. The third-order valence-corrected chi connectivity index (χ3v) is 2.70. The lowest BCUT2D eigenvalue weighted by atomic mass is 9.85. The van der Waals surface area contributed by atoms with Gasteiger partial charge in [-0.05, 0) is 23.5 Å². The number of hydrogen-bond acceptors (Lipinski definition) is 4. The first-order valence-corrected chi connectivity index (χ1v) is 6.17. The van der Waals surface area contributed by atoms with Gasteiger partial charge in [0.2, 0.25) is 5.75 Å². The predicted molar refractivity (Wildman–Crippen MR) is 72.3 cm³/mol. The molecule has 1 aromatic carbocycles. The number of ether oxygens (including phenoxy) is 1. The summed E-state index contributed by atoms with van der Waals surface area (Å²) in [7, 11) is 0. The molecule has 0 saturated heterocycles. The van der Waals surface area contributed by atoms with Gasteiger partial charge < -0.3 is 4.74 Å². The molecule has 0 spiro atoms. The van der Waals surface area contributed by atoms with Crippen molar-refractivity contribution >= 4 is 5.69 Å². The fraction of sp³-hybridized carbons (Fsp3) is 0.500. The first-order chi connectivity index (χ1) is 8.81. The van der Waals surface area contributed by atoms with Crippen LogP contribution in [0.3, 0.4) is 0 Å². The summed E-state index contributed by atoms with van der Waals surface area (Å²) in [5.74, 6) is 0.0716. The molecule has 0 saturated carbocycles. The highest BCUT2D eigenvalue weighted by Gasteiger charge is 2.25. The number of hydrogen-bond donors (Lipinski definition) is 0. The molecule has 0 bridgehead atoms. The van der Waals surface area contributed by atoms with E-state index in [1.807, 2.05) is 33.8 Å². The third-order valence-electron chi connectivity index (χ3n) is 2.70. The Bertz CT molecular complexity index is 525. The molecule has 102 valence electrons. The van der Waals surface area contributed by atoms with Gasteiger partial charge in [0.1, 0.15) is 11.6 Å². The highest BCUT2D eigenvalue weighted by molar-refractivity contribution is 5.59. The molecule has 0 aliphatic rings. The second-order valence-corrected chi connectivity index (χ2v) is 5.34. The second kappa shape index (κ2) is 5.70. The maximum Gasteiger partial charge on any atom is 0.312 e. The molecule has 0 heterocycles. The van der Waals surface area contributed by atoms with Crippen molar-refractivity contribution in [1.29, 1.82) is 5.26 Å². The topological polar surface area (TPSA) is 76.2 Å². The van der Waals surface area contributed by atoms with Crippen LogP contribution in [0.1, 0.15) is 45.2 Å². The van der Waals surface area contributed by atoms with E-state index < -0.39 is 4.92 Å². The first-order valence-electron chi connectivity index (χ1n) is 6.17. The molecule has 5 heteroatoms. The highest BCUT2D eigenvalue weighted by atomic mass is 16.6. The van der Waals surface area contributed by atoms with Gasteiger partial charge in [-0.15, -0.1) is 0 Å². The summed E-state index contributed by atoms with van der Waals surface area (Å²) >= 11 is 0. The standard InChI is InChI=1S/C14H18N2O3/c1-5-6-19-13-10(9-15)7-11(14(2,3)4)8-12(13)16(17)18/h7-8H,5-6H2,1-4H3. The van der Waals surface area contributed by atoms with Crippen molar-refractivity contribution in [2.75, 3.05) is 6.61 Å². The van der Waals surface area contributed by atoms with Crippen LogP contribution in [-0.4, -0.2) is 11.5 Å². The Kier molecular flexibility index (Phi) is 4.49. The van der Waals surface area contributed by atoms with Crippen molar-refractivity contribution in [2.45, 2.75) is 39.5 Å². The van der Waals surface area contributed by atoms with Crippen molar-refractivity contribution < 1.29 is 9.66 Å². The van der Waals surface area contributed by atoms with Crippen LogP contribution >= 0.6 is 0 Å². The second-order valence-electron chi connectivity index (χ2n) is 5.34. The van der Waals surface area contributed by atoms with E-state index in [2.05, 4.69) is 0 Å². The molecule has 0 aromatic heterocycles. The molecule has 1 aromatic rings. The zero-order valence-electron chi connectivity index (χ0n) is 11.7. The van der Waals surface area contributed by atoms with Gasteiger partial charge in [0.15, 0.2) is 0 Å². The van der Waals surface area contributed by atoms with Gasteiger partial charge in [-0.2, -0.15) is 5.26 Å². The molecular formula is C14H18N2O3. The van der Waals surface area contributed by atoms with E-state index >= 15 is 0 Å². The Morgan fingerprint density at radius 2 is 2.05 bits per heavy atom. The van der Waals surface area contributed by atoms with Crippen molar-refractivity contribution in [1.82, 2.24) is 0 Å². The Hall–Kier alpha value is -2.09. The molecule has 0 atom stereocenters. The van der Waals surface area contributed by atoms with Gasteiger partial charge >= 0.3 is 5.69 Å². The van der Waals surface area contributed by atoms with Crippen molar-refractivity contribution in [3.8, 4) is 11.8 Å². The number of nitriles is 1. The zero-order valence-corrected chi connectivity index (χ0v) is 11.7. The zero-order chi connectivity index (χ0) is 14.6. The molecular weight excluding hydrogens is 244 g/mol. The Morgan fingerprint density at radius 3 is 2.47 bits per heavy atom. The van der Waals surface area contributed by atoms with E-state index in [-0.39, 0.29) is 22.4 Å². The van der Waals surface area contributed by atoms with E-state index in [9.17, 15) is 10.1 Å². The summed E-state index contributed by atoms with van der Waals surface area (Å²) in [6, 6.07) is 5.14. The molecule has 1 rings (SSSR count). The van der Waals surface area contributed by atoms with Crippen LogP contribution in [0.4, 0.5) is 5.69 Å². The van der Waals surface area contributed by atoms with E-state index in [4.69, 9.17) is 10.00 Å². The molecule has 0 aliphatic carbocycles. The van der Waals surface area contributed by atoms with Crippen LogP contribution < -0.4 is 4.74 Å². The average Bonchev–Trinajstić information content (AvgIpc) is 2.33. The monoisotopic (exact) mass is 262 g/mol. The SMILES string of the molecule is CCCOc1c(C#N)cc(C(C)(C)C)cc1[N+](=O)[O-]. The van der Waals surface area contributed by atoms with Gasteiger partial charge in [-0.25, -0.2) is 0 Å². The molecule has 5 nitrogen and oxygen atoms in total. The van der Waals surface area contributed by atoms with Crippen LogP contribution in [0.25, 0.3) is 0 Å². The smallest absolute Gasteiger partial charge is 0.312 e. The molecule has 19 heavy (non-hydrogen) atoms. The molecule has 0 fully saturated rings. The number of nitro benzene ring substituents is 1. The van der Waals surface area contributed by atoms with E-state index in [0.717, 1.165) is 12.0 Å². The lowest BCUT2D eigenvalue weighted by Gasteiger charge is -2.20. The van der Waals surface area contributed by atoms with E-state index in [1.165, 1.54) is 6.07 Å². The van der Waals surface area contributed by atoms with Crippen LogP contribution in [0.5, 0.6) is 5.75 Å². The van der Waals surface area contributed by atoms with Crippen molar-refractivity contribution in [3.05, 3.63) is 33.4 Å². The quantitative estimate of drug-likeness (QED) is 0.614. The Morgan fingerprint density at radius 1 is 1.42 bits per heavy atom. The minimum atomic E-state index is -0.499. The van der Waals surface area contributed by atoms with Crippen molar-refractivity contribution in [3.63, 3.8) is 0 Å². The summed E-state index contributed by atoms with van der Waals surface area (Å²) in [6.45, 7) is 8.09. The van der Waals surface area contributed by atoms with Crippen LogP contribution in [0.2, 0.25) is 0 Å². The molecule has 0 amide bonds. The predicted octanol–water partition coefficient (Wildman–Crippen LogP) is 3.55. The van der Waals surface area contributed by atoms with E-state index in [0.29, 0.717) is 6.61 Å². The maximum absolute atomic E-state index is 11.1. The number of nitro groups is 1. The van der Waals surface area contributed by atoms with Gasteiger partial charge in [-0.1, -0.05) is 27.7 Å². The van der Waals surface area contributed by atoms with E-state index in [1.54, 1.807) is 6.07 Å². The molecule has 0 unspecified atom stereocenters. The molecule has 0 radical (unpaired) electrons. The Balaban J connectivity index is 3.46.